The molecular weight excluding hydrogens is 369 g/mol. The summed E-state index contributed by atoms with van der Waals surface area (Å²) in [6.45, 7) is 0. The van der Waals surface area contributed by atoms with E-state index < -0.39 is 0 Å². The molecule has 0 aromatic rings. The predicted molar refractivity (Wildman–Crippen MR) is 102 cm³/mol. The van der Waals surface area contributed by atoms with Gasteiger partial charge in [0.15, 0.2) is 0 Å². The van der Waals surface area contributed by atoms with Gasteiger partial charge in [0.2, 0.25) is 0 Å². The van der Waals surface area contributed by atoms with Gasteiger partial charge in [-0.1, -0.05) is 0 Å². The number of allylic oxidation sites excluding steroid dienone is 11. The van der Waals surface area contributed by atoms with Crippen molar-refractivity contribution in [3.05, 3.63) is 95.3 Å². The fraction of sp³-hybridized carbons (Fsp3) is 0. The smallest absolute Gasteiger partial charge is 0.0888 e. The minimum absolute atomic E-state index is 0. The Kier molecular flexibility index (Phi) is 3.98. The van der Waals surface area contributed by atoms with Gasteiger partial charge in [-0.3, -0.25) is 0 Å². The van der Waals surface area contributed by atoms with Crippen LogP contribution >= 0.6 is 0 Å². The second-order valence-corrected chi connectivity index (χ2v) is 5.98. The summed E-state index contributed by atoms with van der Waals surface area (Å²) >= 11 is 0. The van der Waals surface area contributed by atoms with E-state index in [-0.39, 0.29) is 16.8 Å². The Morgan fingerprint density at radius 3 is 1.50 bits per heavy atom. The molecule has 5 heterocycles. The number of nitrogens with zero attached hydrogens (tertiary/aromatic N) is 4. The summed E-state index contributed by atoms with van der Waals surface area (Å²) in [5.41, 5.74) is 13.3. The van der Waals surface area contributed by atoms with Gasteiger partial charge >= 0.3 is 0 Å². The van der Waals surface area contributed by atoms with Crippen LogP contribution in [0.4, 0.5) is 0 Å². The van der Waals surface area contributed by atoms with E-state index in [0.29, 0.717) is 5.70 Å². The molecule has 26 heavy (non-hydrogen) atoms. The van der Waals surface area contributed by atoms with Crippen LogP contribution in [0.1, 0.15) is 0 Å². The summed E-state index contributed by atoms with van der Waals surface area (Å²) in [5, 5.41) is 0. The molecule has 0 fully saturated rings. The first-order chi connectivity index (χ1) is 12.2. The number of fused-ring (bicyclic) bond motifs is 4. The van der Waals surface area contributed by atoms with Crippen LogP contribution in [0.15, 0.2) is 115 Å². The van der Waals surface area contributed by atoms with Gasteiger partial charge < -0.3 is 5.73 Å². The molecule has 0 unspecified atom stereocenters. The van der Waals surface area contributed by atoms with Gasteiger partial charge in [0.1, 0.15) is 0 Å². The van der Waals surface area contributed by atoms with Crippen LogP contribution in [0.2, 0.25) is 0 Å². The maximum absolute atomic E-state index is 6.09. The molecule has 5 aliphatic rings. The molecule has 5 aliphatic heterocycles. The van der Waals surface area contributed by atoms with Crippen molar-refractivity contribution >= 4 is 22.8 Å². The summed E-state index contributed by atoms with van der Waals surface area (Å²) in [6, 6.07) is 0. The minimum Gasteiger partial charge on any atom is -0.397 e. The molecule has 127 valence electrons. The Balaban J connectivity index is 0.00000168. The molecule has 6 heteroatoms. The topological polar surface area (TPSA) is 75.5 Å². The minimum atomic E-state index is 0. The van der Waals surface area contributed by atoms with Crippen molar-refractivity contribution < 1.29 is 16.8 Å². The normalized spacial score (nSPS) is 21.8. The molecule has 1 radical (unpaired) electrons. The second kappa shape index (κ2) is 6.33. The van der Waals surface area contributed by atoms with Gasteiger partial charge in [-0.2, -0.15) is 0 Å². The molecule has 2 N–H and O–H groups in total. The Hall–Kier alpha value is -3.09. The fourth-order valence-electron chi connectivity index (χ4n) is 2.92. The number of aliphatic imine (C=N–C) groups is 4. The van der Waals surface area contributed by atoms with Crippen LogP contribution in [0.3, 0.4) is 0 Å². The van der Waals surface area contributed by atoms with Gasteiger partial charge in [0, 0.05) is 16.8 Å². The van der Waals surface area contributed by atoms with E-state index in [4.69, 9.17) is 5.73 Å². The van der Waals surface area contributed by atoms with Gasteiger partial charge in [-0.25, -0.2) is 20.0 Å². The fourth-order valence-corrected chi connectivity index (χ4v) is 2.92. The molecular formula is C20H13CoN5. The first-order valence-corrected chi connectivity index (χ1v) is 7.95. The van der Waals surface area contributed by atoms with Gasteiger partial charge in [0.05, 0.1) is 51.3 Å². The van der Waals surface area contributed by atoms with Gasteiger partial charge in [0.25, 0.3) is 0 Å². The summed E-state index contributed by atoms with van der Waals surface area (Å²) in [7, 11) is 0. The molecule has 0 spiro atoms. The molecule has 0 amide bonds. The van der Waals surface area contributed by atoms with E-state index in [1.54, 1.807) is 0 Å². The largest absolute Gasteiger partial charge is 0.397 e. The predicted octanol–water partition coefficient (Wildman–Crippen LogP) is 2.86. The van der Waals surface area contributed by atoms with Gasteiger partial charge in [-0.05, 0) is 66.8 Å². The van der Waals surface area contributed by atoms with Crippen LogP contribution in [-0.2, 0) is 16.8 Å². The first kappa shape index (κ1) is 16.4. The quantitative estimate of drug-likeness (QED) is 0.687. The molecule has 0 saturated heterocycles. The van der Waals surface area contributed by atoms with Crippen LogP contribution < -0.4 is 5.73 Å². The maximum atomic E-state index is 6.09. The van der Waals surface area contributed by atoms with Crippen LogP contribution in [0.5, 0.6) is 0 Å². The number of hydrogen-bond donors (Lipinski definition) is 1. The van der Waals surface area contributed by atoms with E-state index in [2.05, 4.69) is 20.0 Å². The second-order valence-electron chi connectivity index (χ2n) is 5.98. The van der Waals surface area contributed by atoms with Crippen molar-refractivity contribution in [1.82, 2.24) is 0 Å². The third kappa shape index (κ3) is 3.07. The van der Waals surface area contributed by atoms with E-state index in [1.165, 1.54) is 0 Å². The number of nitrogens with two attached hydrogens (primary N) is 1. The molecule has 5 nitrogen and oxygen atoms in total. The zero-order valence-electron chi connectivity index (χ0n) is 13.6. The van der Waals surface area contributed by atoms with Crippen molar-refractivity contribution in [2.45, 2.75) is 0 Å². The Morgan fingerprint density at radius 2 is 0.962 bits per heavy atom. The van der Waals surface area contributed by atoms with Crippen LogP contribution in [0, 0.1) is 0 Å². The average molecular weight is 382 g/mol. The zero-order valence-corrected chi connectivity index (χ0v) is 14.6. The molecule has 0 aliphatic carbocycles. The maximum Gasteiger partial charge on any atom is 0.0888 e. The van der Waals surface area contributed by atoms with Crippen molar-refractivity contribution in [3.63, 3.8) is 0 Å². The monoisotopic (exact) mass is 382 g/mol. The summed E-state index contributed by atoms with van der Waals surface area (Å²) in [5.74, 6) is 0. The van der Waals surface area contributed by atoms with Crippen molar-refractivity contribution in [1.29, 1.82) is 0 Å². The van der Waals surface area contributed by atoms with E-state index >= 15 is 0 Å². The molecule has 0 saturated carbocycles. The van der Waals surface area contributed by atoms with Crippen molar-refractivity contribution in [2.24, 2.45) is 25.7 Å². The Labute approximate surface area is 160 Å². The number of hydrogen-bond acceptors (Lipinski definition) is 5. The van der Waals surface area contributed by atoms with Crippen molar-refractivity contribution in [3.8, 4) is 0 Å². The zero-order chi connectivity index (χ0) is 16.8. The first-order valence-electron chi connectivity index (χ1n) is 7.95. The molecule has 0 aromatic carbocycles. The third-order valence-electron chi connectivity index (χ3n) is 4.07. The Bertz CT molecular complexity index is 1080. The number of rotatable bonds is 0. The SMILES string of the molecule is NC1=CC2=CC3=NC(=CC4=NC(=CC5=NC(=CC1=N2)C=C5)C=C4)C=C3.[Co]. The third-order valence-corrected chi connectivity index (χ3v) is 4.07. The molecule has 5 rings (SSSR count). The average Bonchev–Trinajstić information content (AvgIpc) is 3.33. The van der Waals surface area contributed by atoms with E-state index in [0.717, 1.165) is 45.6 Å². The summed E-state index contributed by atoms with van der Waals surface area (Å²) < 4.78 is 0. The van der Waals surface area contributed by atoms with Gasteiger partial charge in [-0.15, -0.1) is 0 Å². The van der Waals surface area contributed by atoms with Crippen LogP contribution in [0.25, 0.3) is 0 Å². The van der Waals surface area contributed by atoms with E-state index in [9.17, 15) is 0 Å². The van der Waals surface area contributed by atoms with E-state index in [1.807, 2.05) is 66.8 Å². The van der Waals surface area contributed by atoms with Crippen LogP contribution in [-0.4, -0.2) is 22.8 Å². The molecule has 0 atom stereocenters. The molecule has 0 aromatic heterocycles. The summed E-state index contributed by atoms with van der Waals surface area (Å²) in [4.78, 5) is 18.3. The molecule has 8 bridgehead atoms. The Morgan fingerprint density at radius 1 is 0.500 bits per heavy atom. The van der Waals surface area contributed by atoms with Crippen molar-refractivity contribution in [2.75, 3.05) is 0 Å². The standard InChI is InChI=1S/C20H13N5.Co/c21-19-10-18-9-16-4-3-14(23-16)7-12-1-2-13(22-12)8-15-5-6-17(24-15)11-20(19)25-18;/h1-11H,21H2;. The summed E-state index contributed by atoms with van der Waals surface area (Å²) in [6.07, 6.45) is 21.3.